The van der Waals surface area contributed by atoms with E-state index in [-0.39, 0.29) is 18.2 Å². The monoisotopic (exact) mass is 478 g/mol. The lowest BCUT2D eigenvalue weighted by molar-refractivity contribution is -0.140. The predicted octanol–water partition coefficient (Wildman–Crippen LogP) is 5.06. The van der Waals surface area contributed by atoms with E-state index in [1.54, 1.807) is 24.1 Å². The Kier molecular flexibility index (Phi) is 9.53. The van der Waals surface area contributed by atoms with Gasteiger partial charge in [0.05, 0.1) is 13.5 Å². The first-order valence-electron chi connectivity index (χ1n) is 11.5. The van der Waals surface area contributed by atoms with Crippen LogP contribution in [-0.2, 0) is 29.0 Å². The van der Waals surface area contributed by atoms with Crippen LogP contribution < -0.4 is 10.1 Å². The molecular weight excluding hydrogens is 448 g/mol. The number of carbonyl (C=O) groups excluding carboxylic acids is 2. The lowest BCUT2D eigenvalue weighted by atomic mass is 10.0. The Morgan fingerprint density at radius 1 is 0.912 bits per heavy atom. The third-order valence-electron chi connectivity index (χ3n) is 5.60. The molecule has 0 fully saturated rings. The third kappa shape index (κ3) is 7.35. The highest BCUT2D eigenvalue weighted by atomic mass is 35.5. The minimum absolute atomic E-state index is 0.120. The van der Waals surface area contributed by atoms with Crippen molar-refractivity contribution in [3.05, 3.63) is 101 Å². The van der Waals surface area contributed by atoms with Crippen molar-refractivity contribution in [3.63, 3.8) is 0 Å². The van der Waals surface area contributed by atoms with E-state index in [0.717, 1.165) is 28.9 Å². The lowest BCUT2D eigenvalue weighted by Crippen LogP contribution is -2.51. The molecule has 34 heavy (non-hydrogen) atoms. The van der Waals surface area contributed by atoms with Crippen molar-refractivity contribution in [3.8, 4) is 5.75 Å². The fraction of sp³-hybridized carbons (Fsp3) is 0.286. The molecule has 178 valence electrons. The van der Waals surface area contributed by atoms with Gasteiger partial charge in [-0.1, -0.05) is 73.1 Å². The van der Waals surface area contributed by atoms with E-state index < -0.39 is 6.04 Å². The normalized spacial score (nSPS) is 11.5. The number of hydrogen-bond donors (Lipinski definition) is 1. The highest BCUT2D eigenvalue weighted by Gasteiger charge is 2.30. The second kappa shape index (κ2) is 12.8. The van der Waals surface area contributed by atoms with E-state index in [4.69, 9.17) is 16.3 Å². The van der Waals surface area contributed by atoms with Gasteiger partial charge in [0, 0.05) is 24.5 Å². The first kappa shape index (κ1) is 25.3. The molecule has 6 heteroatoms. The predicted molar refractivity (Wildman–Crippen MR) is 136 cm³/mol. The number of nitrogens with one attached hydrogen (secondary N) is 1. The Morgan fingerprint density at radius 2 is 1.56 bits per heavy atom. The van der Waals surface area contributed by atoms with Gasteiger partial charge in [-0.3, -0.25) is 9.59 Å². The molecule has 0 aliphatic rings. The molecule has 1 N–H and O–H groups in total. The van der Waals surface area contributed by atoms with Gasteiger partial charge in [0.1, 0.15) is 11.8 Å². The van der Waals surface area contributed by atoms with Gasteiger partial charge in [-0.25, -0.2) is 0 Å². The van der Waals surface area contributed by atoms with Crippen LogP contribution in [0, 0.1) is 0 Å². The third-order valence-corrected chi connectivity index (χ3v) is 5.85. The van der Waals surface area contributed by atoms with Crippen molar-refractivity contribution >= 4 is 23.4 Å². The van der Waals surface area contributed by atoms with Crippen LogP contribution in [-0.4, -0.2) is 36.4 Å². The van der Waals surface area contributed by atoms with Gasteiger partial charge in [-0.15, -0.1) is 0 Å². The Morgan fingerprint density at radius 3 is 2.18 bits per heavy atom. The molecule has 0 saturated carbocycles. The summed E-state index contributed by atoms with van der Waals surface area (Å²) < 4.78 is 5.26. The average molecular weight is 479 g/mol. The van der Waals surface area contributed by atoms with Crippen molar-refractivity contribution in [2.45, 2.75) is 38.8 Å². The quantitative estimate of drug-likeness (QED) is 0.419. The van der Waals surface area contributed by atoms with E-state index in [2.05, 4.69) is 5.32 Å². The molecule has 1 atom stereocenters. The molecule has 0 aromatic heterocycles. The molecule has 0 aliphatic heterocycles. The van der Waals surface area contributed by atoms with Crippen LogP contribution in [0.25, 0.3) is 0 Å². The Labute approximate surface area is 206 Å². The van der Waals surface area contributed by atoms with Gasteiger partial charge >= 0.3 is 0 Å². The number of amides is 2. The Bertz CT molecular complexity index is 1050. The summed E-state index contributed by atoms with van der Waals surface area (Å²) in [6, 6.07) is 23.9. The molecular formula is C28H31ClN2O3. The maximum absolute atomic E-state index is 13.6. The zero-order chi connectivity index (χ0) is 24.3. The fourth-order valence-electron chi connectivity index (χ4n) is 3.73. The van der Waals surface area contributed by atoms with Gasteiger partial charge in [-0.2, -0.15) is 0 Å². The minimum atomic E-state index is -0.643. The highest BCUT2D eigenvalue weighted by molar-refractivity contribution is 6.30. The smallest absolute Gasteiger partial charge is 0.243 e. The molecule has 3 aromatic carbocycles. The highest BCUT2D eigenvalue weighted by Crippen LogP contribution is 2.19. The number of hydrogen-bond acceptors (Lipinski definition) is 3. The first-order chi connectivity index (χ1) is 16.5. The molecule has 2 amide bonds. The number of nitrogens with zero attached hydrogens (tertiary/aromatic N) is 1. The van der Waals surface area contributed by atoms with Gasteiger partial charge < -0.3 is 15.0 Å². The first-order valence-corrected chi connectivity index (χ1v) is 11.9. The van der Waals surface area contributed by atoms with Crippen LogP contribution >= 0.6 is 11.6 Å². The van der Waals surface area contributed by atoms with Gasteiger partial charge in [0.2, 0.25) is 11.8 Å². The fourth-order valence-corrected chi connectivity index (χ4v) is 3.85. The van der Waals surface area contributed by atoms with Crippen LogP contribution in [0.1, 0.15) is 30.0 Å². The summed E-state index contributed by atoms with van der Waals surface area (Å²) in [6.45, 7) is 2.88. The van der Waals surface area contributed by atoms with Crippen molar-refractivity contribution in [2.75, 3.05) is 13.7 Å². The Hall–Kier alpha value is -3.31. The number of rotatable bonds is 11. The van der Waals surface area contributed by atoms with Crippen molar-refractivity contribution < 1.29 is 14.3 Å². The number of halogens is 1. The van der Waals surface area contributed by atoms with Gasteiger partial charge in [0.25, 0.3) is 0 Å². The molecule has 0 radical (unpaired) electrons. The summed E-state index contributed by atoms with van der Waals surface area (Å²) in [5, 5.41) is 3.61. The number of benzene rings is 3. The second-order valence-electron chi connectivity index (χ2n) is 8.17. The minimum Gasteiger partial charge on any atom is -0.497 e. The van der Waals surface area contributed by atoms with Crippen LogP contribution in [0.5, 0.6) is 5.75 Å². The number of carbonyl (C=O) groups is 2. The van der Waals surface area contributed by atoms with E-state index in [1.165, 1.54) is 0 Å². The zero-order valence-corrected chi connectivity index (χ0v) is 20.4. The van der Waals surface area contributed by atoms with Crippen LogP contribution in [0.15, 0.2) is 78.9 Å². The molecule has 0 saturated heterocycles. The van der Waals surface area contributed by atoms with Gasteiger partial charge in [-0.05, 0) is 47.4 Å². The molecule has 0 spiro atoms. The summed E-state index contributed by atoms with van der Waals surface area (Å²) in [7, 11) is 1.62. The molecule has 0 heterocycles. The van der Waals surface area contributed by atoms with Crippen LogP contribution in [0.2, 0.25) is 5.02 Å². The zero-order valence-electron chi connectivity index (χ0n) is 19.7. The number of methoxy groups -OCH3 is 1. The summed E-state index contributed by atoms with van der Waals surface area (Å²) in [4.78, 5) is 28.6. The summed E-state index contributed by atoms with van der Waals surface area (Å²) in [6.07, 6.45) is 1.43. The summed E-state index contributed by atoms with van der Waals surface area (Å²) in [5.74, 6) is 0.471. The average Bonchev–Trinajstić information content (AvgIpc) is 2.87. The molecule has 5 nitrogen and oxygen atoms in total. The maximum Gasteiger partial charge on any atom is 0.243 e. The Balaban J connectivity index is 1.93. The van der Waals surface area contributed by atoms with E-state index in [9.17, 15) is 9.59 Å². The van der Waals surface area contributed by atoms with Crippen molar-refractivity contribution in [2.24, 2.45) is 0 Å². The van der Waals surface area contributed by atoms with Crippen molar-refractivity contribution in [1.82, 2.24) is 10.2 Å². The topological polar surface area (TPSA) is 58.6 Å². The van der Waals surface area contributed by atoms with Crippen LogP contribution in [0.4, 0.5) is 0 Å². The molecule has 3 aromatic rings. The summed E-state index contributed by atoms with van der Waals surface area (Å²) in [5.41, 5.74) is 2.77. The van der Waals surface area contributed by atoms with Gasteiger partial charge in [0.15, 0.2) is 0 Å². The molecule has 1 unspecified atom stereocenters. The standard InChI is InChI=1S/C28H31ClN2O3/c1-3-17-30-28(33)26(18-21-7-5-4-6-8-21)31(20-23-11-15-25(34-2)16-12-23)27(32)19-22-9-13-24(29)14-10-22/h4-16,26H,3,17-20H2,1-2H3,(H,30,33). The van der Waals surface area contributed by atoms with E-state index in [0.29, 0.717) is 24.5 Å². The SMILES string of the molecule is CCCNC(=O)C(Cc1ccccc1)N(Cc1ccc(OC)cc1)C(=O)Cc1ccc(Cl)cc1. The molecule has 0 bridgehead atoms. The largest absolute Gasteiger partial charge is 0.497 e. The number of ether oxygens (including phenoxy) is 1. The van der Waals surface area contributed by atoms with Crippen LogP contribution in [0.3, 0.4) is 0 Å². The molecule has 0 aliphatic carbocycles. The lowest BCUT2D eigenvalue weighted by Gasteiger charge is -2.31. The second-order valence-corrected chi connectivity index (χ2v) is 8.61. The summed E-state index contributed by atoms with van der Waals surface area (Å²) >= 11 is 6.02. The molecule has 3 rings (SSSR count). The van der Waals surface area contributed by atoms with Crippen molar-refractivity contribution in [1.29, 1.82) is 0 Å². The van der Waals surface area contributed by atoms with E-state index >= 15 is 0 Å². The van der Waals surface area contributed by atoms with E-state index in [1.807, 2.05) is 73.7 Å². The maximum atomic E-state index is 13.6.